The van der Waals surface area contributed by atoms with Gasteiger partial charge in [0.15, 0.2) is 9.58 Å². The number of thiophene rings is 1. The van der Waals surface area contributed by atoms with Gasteiger partial charge in [0, 0.05) is 17.0 Å². The number of halogens is 3. The molecular formula is C19H18F3S+. The summed E-state index contributed by atoms with van der Waals surface area (Å²) in [4.78, 5) is 0.376. The Morgan fingerprint density at radius 3 is 2.30 bits per heavy atom. The molecular weight excluding hydrogens is 317 g/mol. The Kier molecular flexibility index (Phi) is 4.44. The van der Waals surface area contributed by atoms with Gasteiger partial charge >= 0.3 is 5.51 Å². The van der Waals surface area contributed by atoms with Gasteiger partial charge in [0.05, 0.1) is 0 Å². The summed E-state index contributed by atoms with van der Waals surface area (Å²) in [6.45, 7) is 2.13. The van der Waals surface area contributed by atoms with E-state index in [4.69, 9.17) is 0 Å². The number of fused-ring (bicyclic) bond motifs is 1. The monoisotopic (exact) mass is 335 g/mol. The minimum atomic E-state index is -4.25. The second-order valence-electron chi connectivity index (χ2n) is 5.60. The minimum absolute atomic E-state index is 0.376. The standard InChI is InChI=1S/C19H18F3S/c1-2-3-6-14-9-11-15(12-10-14)18-13-16-7-4-5-8-17(16)23(18)19(20,21)22/h4-5,7-13H,2-3,6H2,1H3/q+1. The van der Waals surface area contributed by atoms with Gasteiger partial charge in [-0.1, -0.05) is 37.6 Å². The SMILES string of the molecule is CCCCc1ccc(-c2cc3ccccc3[s+]2C(F)(F)F)cc1. The van der Waals surface area contributed by atoms with Gasteiger partial charge < -0.3 is 0 Å². The fourth-order valence-electron chi connectivity index (χ4n) is 2.77. The first-order valence-electron chi connectivity index (χ1n) is 7.72. The van der Waals surface area contributed by atoms with Crippen LogP contribution in [0.25, 0.3) is 20.5 Å². The highest BCUT2D eigenvalue weighted by Gasteiger charge is 2.48. The van der Waals surface area contributed by atoms with Gasteiger partial charge in [-0.3, -0.25) is 0 Å². The Hall–Kier alpha value is -1.81. The fraction of sp³-hybridized carbons (Fsp3) is 0.263. The lowest BCUT2D eigenvalue weighted by Gasteiger charge is -2.03. The molecule has 2 aromatic carbocycles. The molecule has 0 aliphatic carbocycles. The Morgan fingerprint density at radius 2 is 1.65 bits per heavy atom. The molecule has 4 heteroatoms. The van der Waals surface area contributed by atoms with E-state index < -0.39 is 16.0 Å². The van der Waals surface area contributed by atoms with Crippen molar-refractivity contribution >= 4 is 20.6 Å². The first kappa shape index (κ1) is 16.1. The van der Waals surface area contributed by atoms with Crippen molar-refractivity contribution in [3.05, 3.63) is 60.2 Å². The van der Waals surface area contributed by atoms with Crippen LogP contribution in [0, 0.1) is 0 Å². The molecule has 0 aliphatic heterocycles. The molecule has 0 saturated carbocycles. The number of rotatable bonds is 4. The number of benzene rings is 2. The van der Waals surface area contributed by atoms with Crippen LogP contribution in [0.15, 0.2) is 54.6 Å². The number of hydrogen-bond donors (Lipinski definition) is 0. The molecule has 1 heterocycles. The smallest absolute Gasteiger partial charge is 0.118 e. The molecule has 0 saturated heterocycles. The first-order valence-corrected chi connectivity index (χ1v) is 8.94. The molecule has 120 valence electrons. The lowest BCUT2D eigenvalue weighted by molar-refractivity contribution is -0.0864. The highest BCUT2D eigenvalue weighted by Crippen LogP contribution is 2.54. The summed E-state index contributed by atoms with van der Waals surface area (Å²) in [7, 11) is -1.86. The van der Waals surface area contributed by atoms with Gasteiger partial charge in [-0.2, -0.15) is 0 Å². The lowest BCUT2D eigenvalue weighted by atomic mass is 10.1. The molecule has 0 aliphatic rings. The van der Waals surface area contributed by atoms with Gasteiger partial charge in [-0.15, -0.1) is 13.2 Å². The van der Waals surface area contributed by atoms with Crippen molar-refractivity contribution in [1.29, 1.82) is 0 Å². The number of hydrogen-bond acceptors (Lipinski definition) is 0. The number of alkyl halides is 3. The van der Waals surface area contributed by atoms with Crippen molar-refractivity contribution in [2.75, 3.05) is 0 Å². The lowest BCUT2D eigenvalue weighted by Crippen LogP contribution is -1.96. The molecule has 0 amide bonds. The van der Waals surface area contributed by atoms with Crippen molar-refractivity contribution < 1.29 is 13.2 Å². The largest absolute Gasteiger partial charge is 0.601 e. The zero-order valence-electron chi connectivity index (χ0n) is 12.9. The predicted octanol–water partition coefficient (Wildman–Crippen LogP) is 7.07. The minimum Gasteiger partial charge on any atom is -0.118 e. The van der Waals surface area contributed by atoms with E-state index >= 15 is 0 Å². The molecule has 1 atom stereocenters. The Morgan fingerprint density at radius 1 is 0.957 bits per heavy atom. The molecule has 3 aromatic rings. The second kappa shape index (κ2) is 6.36. The topological polar surface area (TPSA) is 0 Å². The van der Waals surface area contributed by atoms with E-state index in [2.05, 4.69) is 6.92 Å². The zero-order chi connectivity index (χ0) is 16.4. The van der Waals surface area contributed by atoms with Crippen molar-refractivity contribution in [3.8, 4) is 10.4 Å². The van der Waals surface area contributed by atoms with Crippen LogP contribution in [0.5, 0.6) is 0 Å². The van der Waals surface area contributed by atoms with Gasteiger partial charge in [-0.25, -0.2) is 0 Å². The van der Waals surface area contributed by atoms with Crippen LogP contribution in [0.1, 0.15) is 25.3 Å². The van der Waals surface area contributed by atoms with Gasteiger partial charge in [0.25, 0.3) is 0 Å². The molecule has 23 heavy (non-hydrogen) atoms. The van der Waals surface area contributed by atoms with Crippen LogP contribution in [0.4, 0.5) is 13.2 Å². The predicted molar refractivity (Wildman–Crippen MR) is 91.8 cm³/mol. The van der Waals surface area contributed by atoms with E-state index in [1.807, 2.05) is 24.3 Å². The Bertz CT molecular complexity index is 798. The van der Waals surface area contributed by atoms with Crippen LogP contribution in [-0.4, -0.2) is 0 Å². The van der Waals surface area contributed by atoms with E-state index in [-0.39, 0.29) is 0 Å². The van der Waals surface area contributed by atoms with Crippen molar-refractivity contribution in [2.45, 2.75) is 31.7 Å². The van der Waals surface area contributed by atoms with E-state index in [1.54, 1.807) is 30.3 Å². The molecule has 3 rings (SSSR count). The second-order valence-corrected chi connectivity index (χ2v) is 7.55. The average molecular weight is 335 g/mol. The summed E-state index contributed by atoms with van der Waals surface area (Å²) >= 11 is 0. The maximum absolute atomic E-state index is 13.6. The first-order chi connectivity index (χ1) is 11.0. The molecule has 1 aromatic heterocycles. The average Bonchev–Trinajstić information content (AvgIpc) is 2.93. The van der Waals surface area contributed by atoms with Crippen LogP contribution < -0.4 is 0 Å². The van der Waals surface area contributed by atoms with Crippen LogP contribution in [0.3, 0.4) is 0 Å². The van der Waals surface area contributed by atoms with E-state index in [0.717, 1.165) is 19.3 Å². The Balaban J connectivity index is 2.08. The molecule has 0 fully saturated rings. The Labute approximate surface area is 136 Å². The normalized spacial score (nSPS) is 12.8. The third kappa shape index (κ3) is 3.27. The molecule has 0 spiro atoms. The number of aryl methyl sites for hydroxylation is 1. The van der Waals surface area contributed by atoms with E-state index in [9.17, 15) is 13.2 Å². The van der Waals surface area contributed by atoms with Crippen LogP contribution >= 0.6 is 10.5 Å². The maximum atomic E-state index is 13.6. The van der Waals surface area contributed by atoms with Gasteiger partial charge in [0.2, 0.25) is 0 Å². The zero-order valence-corrected chi connectivity index (χ0v) is 13.7. The summed E-state index contributed by atoms with van der Waals surface area (Å²) in [6, 6.07) is 16.0. The number of unbranched alkanes of at least 4 members (excludes halogenated alkanes) is 1. The summed E-state index contributed by atoms with van der Waals surface area (Å²) in [6.07, 6.45) is 3.18. The van der Waals surface area contributed by atoms with Crippen molar-refractivity contribution in [1.82, 2.24) is 0 Å². The highest BCUT2D eigenvalue weighted by atomic mass is 32.2. The van der Waals surface area contributed by atoms with Crippen molar-refractivity contribution in [2.24, 2.45) is 0 Å². The molecule has 0 N–H and O–H groups in total. The molecule has 0 radical (unpaired) electrons. The van der Waals surface area contributed by atoms with Gasteiger partial charge in [0.1, 0.15) is 10.5 Å². The van der Waals surface area contributed by atoms with E-state index in [0.29, 0.717) is 20.5 Å². The molecule has 1 unspecified atom stereocenters. The van der Waals surface area contributed by atoms with Gasteiger partial charge in [-0.05, 0) is 42.7 Å². The third-order valence-electron chi connectivity index (χ3n) is 3.93. The summed E-state index contributed by atoms with van der Waals surface area (Å²) in [5.74, 6) is 0. The molecule has 0 nitrogen and oxygen atoms in total. The third-order valence-corrected chi connectivity index (χ3v) is 6.00. The molecule has 0 bridgehead atoms. The van der Waals surface area contributed by atoms with E-state index in [1.165, 1.54) is 5.56 Å². The highest BCUT2D eigenvalue weighted by molar-refractivity contribution is 7.41. The van der Waals surface area contributed by atoms with Crippen LogP contribution in [-0.2, 0) is 11.9 Å². The fourth-order valence-corrected chi connectivity index (χ4v) is 4.70. The summed E-state index contributed by atoms with van der Waals surface area (Å²) < 4.78 is 41.2. The summed E-state index contributed by atoms with van der Waals surface area (Å²) in [5, 5.41) is 0.679. The quantitative estimate of drug-likeness (QED) is 0.447. The maximum Gasteiger partial charge on any atom is 0.601 e. The van der Waals surface area contributed by atoms with Crippen molar-refractivity contribution in [3.63, 3.8) is 0 Å². The summed E-state index contributed by atoms with van der Waals surface area (Å²) in [5.41, 5.74) is -2.40. The van der Waals surface area contributed by atoms with Crippen LogP contribution in [0.2, 0.25) is 0 Å².